The highest BCUT2D eigenvalue weighted by Gasteiger charge is 2.21. The molecule has 5 aromatic rings. The lowest BCUT2D eigenvalue weighted by molar-refractivity contribution is 0.0697. The van der Waals surface area contributed by atoms with Crippen molar-refractivity contribution in [3.05, 3.63) is 147 Å². The van der Waals surface area contributed by atoms with Crippen LogP contribution in [0.4, 0.5) is 5.95 Å². The van der Waals surface area contributed by atoms with Gasteiger partial charge in [-0.3, -0.25) is 0 Å². The zero-order valence-electron chi connectivity index (χ0n) is 22.0. The second-order valence-electron chi connectivity index (χ2n) is 9.27. The third-order valence-electron chi connectivity index (χ3n) is 6.73. The minimum atomic E-state index is -1.07. The van der Waals surface area contributed by atoms with Crippen molar-refractivity contribution in [2.24, 2.45) is 0 Å². The Bertz CT molecular complexity index is 1740. The molecule has 0 amide bonds. The number of nitrogens with zero attached hydrogens (tertiary/aromatic N) is 4. The molecular weight excluding hydrogens is 504 g/mol. The van der Waals surface area contributed by atoms with Crippen LogP contribution in [-0.2, 0) is 13.1 Å². The van der Waals surface area contributed by atoms with Gasteiger partial charge in [-0.1, -0.05) is 84.9 Å². The second-order valence-corrected chi connectivity index (χ2v) is 9.27. The van der Waals surface area contributed by atoms with Crippen molar-refractivity contribution in [2.45, 2.75) is 20.0 Å². The van der Waals surface area contributed by atoms with Crippen LogP contribution in [0.25, 0.3) is 16.8 Å². The highest BCUT2D eigenvalue weighted by molar-refractivity contribution is 5.87. The van der Waals surface area contributed by atoms with Gasteiger partial charge in [-0.15, -0.1) is 0 Å². The van der Waals surface area contributed by atoms with Crippen LogP contribution in [0.15, 0.2) is 119 Å². The molecule has 0 saturated carbocycles. The van der Waals surface area contributed by atoms with E-state index in [0.717, 1.165) is 26.8 Å². The molecule has 5 rings (SSSR count). The Labute approximate surface area is 231 Å². The van der Waals surface area contributed by atoms with Gasteiger partial charge in [0.25, 0.3) is 0 Å². The number of anilines is 1. The molecule has 200 valence electrons. The standard InChI is InChI=1S/C32H28N4O4/c1-2-34(21-23-11-5-3-6-12-23)30-33-31(39)35(32(40)36(30)27-19-17-25(18-20-27)29(37)38)22-26-15-9-10-16-28(26)24-13-7-4-8-14-24/h3-20H,2,21-22H2,1H3,(H,37,38). The van der Waals surface area contributed by atoms with Gasteiger partial charge < -0.3 is 10.0 Å². The van der Waals surface area contributed by atoms with Crippen LogP contribution < -0.4 is 16.3 Å². The van der Waals surface area contributed by atoms with Gasteiger partial charge in [0, 0.05) is 13.1 Å². The predicted molar refractivity (Wildman–Crippen MR) is 155 cm³/mol. The first-order chi connectivity index (χ1) is 19.5. The van der Waals surface area contributed by atoms with Crippen molar-refractivity contribution in [1.29, 1.82) is 0 Å². The number of aromatic nitrogens is 3. The number of rotatable bonds is 9. The monoisotopic (exact) mass is 532 g/mol. The van der Waals surface area contributed by atoms with E-state index < -0.39 is 17.3 Å². The second kappa shape index (κ2) is 11.7. The molecule has 0 saturated heterocycles. The first-order valence-electron chi connectivity index (χ1n) is 13.0. The zero-order chi connectivity index (χ0) is 28.1. The van der Waals surface area contributed by atoms with Gasteiger partial charge >= 0.3 is 17.3 Å². The molecule has 0 bridgehead atoms. The topological polar surface area (TPSA) is 97.4 Å². The number of carboxylic acid groups (broad SMARTS) is 1. The molecular formula is C32H28N4O4. The lowest BCUT2D eigenvalue weighted by Crippen LogP contribution is -2.44. The average Bonchev–Trinajstić information content (AvgIpc) is 2.99. The molecule has 4 aromatic carbocycles. The zero-order valence-corrected chi connectivity index (χ0v) is 22.0. The molecule has 0 fully saturated rings. The van der Waals surface area contributed by atoms with Gasteiger partial charge in [0.15, 0.2) is 0 Å². The van der Waals surface area contributed by atoms with E-state index in [1.807, 2.05) is 96.8 Å². The Balaban J connectivity index is 1.66. The smallest absolute Gasteiger partial charge is 0.355 e. The Kier molecular flexibility index (Phi) is 7.68. The summed E-state index contributed by atoms with van der Waals surface area (Å²) in [5.74, 6) is -0.879. The van der Waals surface area contributed by atoms with Gasteiger partial charge in [-0.25, -0.2) is 23.5 Å². The SMILES string of the molecule is CCN(Cc1ccccc1)c1nc(=O)n(Cc2ccccc2-c2ccccc2)c(=O)n1-c1ccc(C(=O)O)cc1. The van der Waals surface area contributed by atoms with Crippen LogP contribution in [0.1, 0.15) is 28.4 Å². The van der Waals surface area contributed by atoms with Crippen LogP contribution >= 0.6 is 0 Å². The normalized spacial score (nSPS) is 10.8. The molecule has 0 aliphatic heterocycles. The highest BCUT2D eigenvalue weighted by atomic mass is 16.4. The third-order valence-corrected chi connectivity index (χ3v) is 6.73. The minimum absolute atomic E-state index is 0.0219. The van der Waals surface area contributed by atoms with E-state index in [4.69, 9.17) is 0 Å². The summed E-state index contributed by atoms with van der Waals surface area (Å²) < 4.78 is 2.50. The maximum atomic E-state index is 14.1. The van der Waals surface area contributed by atoms with E-state index in [9.17, 15) is 19.5 Å². The molecule has 0 spiro atoms. The molecule has 0 atom stereocenters. The number of aromatic carboxylic acids is 1. The average molecular weight is 533 g/mol. The molecule has 40 heavy (non-hydrogen) atoms. The van der Waals surface area contributed by atoms with E-state index in [1.54, 1.807) is 12.1 Å². The number of carbonyl (C=O) groups is 1. The Morgan fingerprint density at radius 2 is 1.45 bits per heavy atom. The largest absolute Gasteiger partial charge is 0.478 e. The quantitative estimate of drug-likeness (QED) is 0.292. The maximum Gasteiger partial charge on any atom is 0.355 e. The fourth-order valence-corrected chi connectivity index (χ4v) is 4.67. The van der Waals surface area contributed by atoms with Crippen LogP contribution in [0.5, 0.6) is 0 Å². The van der Waals surface area contributed by atoms with Crippen molar-refractivity contribution >= 4 is 11.9 Å². The number of carboxylic acids is 1. The van der Waals surface area contributed by atoms with E-state index in [-0.39, 0.29) is 18.1 Å². The van der Waals surface area contributed by atoms with E-state index in [0.29, 0.717) is 18.8 Å². The van der Waals surface area contributed by atoms with Crippen LogP contribution in [0.3, 0.4) is 0 Å². The summed E-state index contributed by atoms with van der Waals surface area (Å²) in [4.78, 5) is 45.3. The molecule has 0 aliphatic carbocycles. The van der Waals surface area contributed by atoms with Crippen molar-refractivity contribution in [1.82, 2.24) is 14.1 Å². The molecule has 1 heterocycles. The fraction of sp³-hybridized carbons (Fsp3) is 0.125. The molecule has 8 heteroatoms. The molecule has 1 N–H and O–H groups in total. The minimum Gasteiger partial charge on any atom is -0.478 e. The first-order valence-corrected chi connectivity index (χ1v) is 13.0. The van der Waals surface area contributed by atoms with Crippen LogP contribution in [0, 0.1) is 0 Å². The third kappa shape index (κ3) is 5.47. The summed E-state index contributed by atoms with van der Waals surface area (Å²) in [6.45, 7) is 2.86. The van der Waals surface area contributed by atoms with Crippen molar-refractivity contribution < 1.29 is 9.90 Å². The predicted octanol–water partition coefficient (Wildman–Crippen LogP) is 4.83. The number of benzene rings is 4. The van der Waals surface area contributed by atoms with Gasteiger partial charge in [0.2, 0.25) is 5.95 Å². The molecule has 8 nitrogen and oxygen atoms in total. The lowest BCUT2D eigenvalue weighted by atomic mass is 10.00. The highest BCUT2D eigenvalue weighted by Crippen LogP contribution is 2.24. The number of hydrogen-bond donors (Lipinski definition) is 1. The summed E-state index contributed by atoms with van der Waals surface area (Å²) in [6, 6.07) is 33.1. The summed E-state index contributed by atoms with van der Waals surface area (Å²) in [6.07, 6.45) is 0. The van der Waals surface area contributed by atoms with Crippen LogP contribution in [0.2, 0.25) is 0 Å². The Hall–Kier alpha value is -5.24. The summed E-state index contributed by atoms with van der Waals surface area (Å²) in [5.41, 5.74) is 2.96. The van der Waals surface area contributed by atoms with Gasteiger partial charge in [-0.2, -0.15) is 4.98 Å². The van der Waals surface area contributed by atoms with Gasteiger partial charge in [-0.05, 0) is 53.4 Å². The molecule has 0 unspecified atom stereocenters. The summed E-state index contributed by atoms with van der Waals surface area (Å²) >= 11 is 0. The van der Waals surface area contributed by atoms with E-state index in [1.165, 1.54) is 16.7 Å². The van der Waals surface area contributed by atoms with Crippen molar-refractivity contribution in [2.75, 3.05) is 11.4 Å². The van der Waals surface area contributed by atoms with E-state index >= 15 is 0 Å². The summed E-state index contributed by atoms with van der Waals surface area (Å²) in [5, 5.41) is 9.38. The summed E-state index contributed by atoms with van der Waals surface area (Å²) in [7, 11) is 0. The fourth-order valence-electron chi connectivity index (χ4n) is 4.67. The Morgan fingerprint density at radius 3 is 2.10 bits per heavy atom. The Morgan fingerprint density at radius 1 is 0.825 bits per heavy atom. The lowest BCUT2D eigenvalue weighted by Gasteiger charge is -2.25. The maximum absolute atomic E-state index is 14.1. The van der Waals surface area contributed by atoms with Gasteiger partial charge in [0.05, 0.1) is 17.8 Å². The molecule has 0 radical (unpaired) electrons. The van der Waals surface area contributed by atoms with Crippen LogP contribution in [-0.4, -0.2) is 31.7 Å². The van der Waals surface area contributed by atoms with Crippen molar-refractivity contribution in [3.63, 3.8) is 0 Å². The molecule has 1 aromatic heterocycles. The molecule has 0 aliphatic rings. The van der Waals surface area contributed by atoms with Crippen molar-refractivity contribution in [3.8, 4) is 16.8 Å². The van der Waals surface area contributed by atoms with E-state index in [2.05, 4.69) is 4.98 Å². The van der Waals surface area contributed by atoms with Gasteiger partial charge in [0.1, 0.15) is 0 Å². The number of hydrogen-bond acceptors (Lipinski definition) is 5. The first kappa shape index (κ1) is 26.4.